The average Bonchev–Trinajstić information content (AvgIpc) is 2.86. The van der Waals surface area contributed by atoms with Crippen LogP contribution in [0.15, 0.2) is 73.1 Å². The number of nitrogens with one attached hydrogen (secondary N) is 1. The van der Waals surface area contributed by atoms with Gasteiger partial charge in [0.1, 0.15) is 12.7 Å². The molecule has 0 aliphatic carbocycles. The summed E-state index contributed by atoms with van der Waals surface area (Å²) < 4.78 is 43.9. The van der Waals surface area contributed by atoms with Crippen molar-refractivity contribution < 1.29 is 32.6 Å². The van der Waals surface area contributed by atoms with Gasteiger partial charge in [-0.25, -0.2) is 0 Å². The van der Waals surface area contributed by atoms with Crippen molar-refractivity contribution in [3.63, 3.8) is 0 Å². The van der Waals surface area contributed by atoms with E-state index in [0.29, 0.717) is 17.8 Å². The molecule has 2 aromatic carbocycles. The molecule has 2 N–H and O–H groups in total. The number of halogens is 3. The van der Waals surface area contributed by atoms with Crippen LogP contribution in [-0.2, 0) is 22.3 Å². The van der Waals surface area contributed by atoms with Gasteiger partial charge in [0.05, 0.1) is 18.2 Å². The molecular formula is C25H22F3N3O4. The molecule has 7 nitrogen and oxygen atoms in total. The minimum atomic E-state index is -4.48. The largest absolute Gasteiger partial charge is 0.416 e. The van der Waals surface area contributed by atoms with Gasteiger partial charge in [-0.3, -0.25) is 14.6 Å². The first kappa shape index (κ1) is 24.4. The van der Waals surface area contributed by atoms with E-state index < -0.39 is 29.8 Å². The molecule has 2 amide bonds. The Bertz CT molecular complexity index is 1170. The fourth-order valence-corrected chi connectivity index (χ4v) is 3.88. The van der Waals surface area contributed by atoms with Crippen LogP contribution in [0.3, 0.4) is 0 Å². The van der Waals surface area contributed by atoms with E-state index >= 15 is 0 Å². The second-order valence-corrected chi connectivity index (χ2v) is 8.01. The number of aliphatic hydroxyl groups excluding tert-OH is 1. The Morgan fingerprint density at radius 2 is 1.71 bits per heavy atom. The van der Waals surface area contributed by atoms with Crippen LogP contribution in [0.5, 0.6) is 0 Å². The van der Waals surface area contributed by atoms with Gasteiger partial charge in [0.2, 0.25) is 5.91 Å². The quantitative estimate of drug-likeness (QED) is 0.554. The number of rotatable bonds is 6. The lowest BCUT2D eigenvalue weighted by Crippen LogP contribution is -2.52. The number of pyridine rings is 1. The monoisotopic (exact) mass is 485 g/mol. The highest BCUT2D eigenvalue weighted by molar-refractivity contribution is 6.04. The van der Waals surface area contributed by atoms with E-state index in [4.69, 9.17) is 4.74 Å². The van der Waals surface area contributed by atoms with Crippen molar-refractivity contribution in [3.8, 4) is 0 Å². The number of hydrogen-bond acceptors (Lipinski definition) is 5. The van der Waals surface area contributed by atoms with Crippen LogP contribution >= 0.6 is 0 Å². The molecule has 0 spiro atoms. The van der Waals surface area contributed by atoms with Crippen LogP contribution in [0, 0.1) is 0 Å². The lowest BCUT2D eigenvalue weighted by Gasteiger charge is -2.40. The number of hydrogen-bond donors (Lipinski definition) is 2. The molecule has 35 heavy (non-hydrogen) atoms. The van der Waals surface area contributed by atoms with Gasteiger partial charge in [-0.2, -0.15) is 13.2 Å². The molecular weight excluding hydrogens is 463 g/mol. The first-order valence-corrected chi connectivity index (χ1v) is 10.8. The summed E-state index contributed by atoms with van der Waals surface area (Å²) in [5, 5.41) is 12.7. The molecule has 0 bridgehead atoms. The Labute approximate surface area is 199 Å². The van der Waals surface area contributed by atoms with E-state index in [-0.39, 0.29) is 24.7 Å². The molecule has 1 fully saturated rings. The van der Waals surface area contributed by atoms with E-state index in [2.05, 4.69) is 10.3 Å². The van der Waals surface area contributed by atoms with Gasteiger partial charge < -0.3 is 20.1 Å². The van der Waals surface area contributed by atoms with Crippen molar-refractivity contribution >= 4 is 17.5 Å². The van der Waals surface area contributed by atoms with Crippen molar-refractivity contribution in [3.05, 3.63) is 95.3 Å². The third-order valence-corrected chi connectivity index (χ3v) is 5.72. The van der Waals surface area contributed by atoms with Crippen LogP contribution in [0.4, 0.5) is 18.9 Å². The van der Waals surface area contributed by atoms with Gasteiger partial charge in [-0.1, -0.05) is 12.1 Å². The van der Waals surface area contributed by atoms with Gasteiger partial charge in [0.25, 0.3) is 5.91 Å². The molecule has 1 aromatic heterocycles. The average molecular weight is 485 g/mol. The van der Waals surface area contributed by atoms with Crippen molar-refractivity contribution in [2.75, 3.05) is 18.5 Å². The molecule has 1 aliphatic heterocycles. The zero-order valence-corrected chi connectivity index (χ0v) is 18.4. The number of nitrogens with zero attached hydrogens (tertiary/aromatic N) is 2. The summed E-state index contributed by atoms with van der Waals surface area (Å²) in [6, 6.07) is 13.6. The van der Waals surface area contributed by atoms with Crippen LogP contribution < -0.4 is 5.32 Å². The Balaban J connectivity index is 1.45. The number of aromatic nitrogens is 1. The van der Waals surface area contributed by atoms with Crippen LogP contribution in [0.1, 0.15) is 33.2 Å². The maximum absolute atomic E-state index is 12.7. The number of alkyl halides is 3. The topological polar surface area (TPSA) is 91.8 Å². The predicted molar refractivity (Wildman–Crippen MR) is 120 cm³/mol. The lowest BCUT2D eigenvalue weighted by atomic mass is 9.98. The summed E-state index contributed by atoms with van der Waals surface area (Å²) in [5.41, 5.74) is 1.25. The number of benzene rings is 2. The highest BCUT2D eigenvalue weighted by atomic mass is 19.4. The SMILES string of the molecule is O=C(Nc1ccc(C2OCC(=O)N(Cc3ccncc3)C2CO)cc1)c1ccc(C(F)(F)F)cc1. The van der Waals surface area contributed by atoms with Gasteiger partial charge >= 0.3 is 6.18 Å². The van der Waals surface area contributed by atoms with Crippen molar-refractivity contribution in [1.29, 1.82) is 0 Å². The Kier molecular flexibility index (Phi) is 7.13. The van der Waals surface area contributed by atoms with Gasteiger partial charge in [0, 0.05) is 30.2 Å². The minimum absolute atomic E-state index is 0.0864. The fraction of sp³-hybridized carbons (Fsp3) is 0.240. The second kappa shape index (κ2) is 10.2. The first-order valence-electron chi connectivity index (χ1n) is 10.8. The summed E-state index contributed by atoms with van der Waals surface area (Å²) in [4.78, 5) is 30.5. The molecule has 182 valence electrons. The van der Waals surface area contributed by atoms with E-state index in [9.17, 15) is 27.9 Å². The summed E-state index contributed by atoms with van der Waals surface area (Å²) in [6.45, 7) is -0.153. The highest BCUT2D eigenvalue weighted by Gasteiger charge is 2.37. The number of carbonyl (C=O) groups excluding carboxylic acids is 2. The standard InChI is InChI=1S/C25H22F3N3O4/c26-25(27,28)19-5-1-18(2-6-19)24(34)30-20-7-3-17(4-8-20)23-21(14-32)31(22(33)15-35-23)13-16-9-11-29-12-10-16/h1-12,21,23,32H,13-15H2,(H,30,34). The number of ether oxygens (including phenoxy) is 1. The van der Waals surface area contributed by atoms with Gasteiger partial charge in [-0.15, -0.1) is 0 Å². The summed E-state index contributed by atoms with van der Waals surface area (Å²) in [5.74, 6) is -0.791. The molecule has 0 saturated carbocycles. The number of carbonyl (C=O) groups is 2. The molecule has 1 saturated heterocycles. The Morgan fingerprint density at radius 3 is 2.31 bits per heavy atom. The summed E-state index contributed by atoms with van der Waals surface area (Å²) >= 11 is 0. The predicted octanol–water partition coefficient (Wildman–Crippen LogP) is 3.81. The minimum Gasteiger partial charge on any atom is -0.394 e. The fourth-order valence-electron chi connectivity index (χ4n) is 3.88. The maximum atomic E-state index is 12.7. The van der Waals surface area contributed by atoms with Crippen LogP contribution in [-0.4, -0.2) is 46.1 Å². The number of aliphatic hydroxyl groups is 1. The number of amides is 2. The zero-order valence-electron chi connectivity index (χ0n) is 18.4. The molecule has 0 radical (unpaired) electrons. The third kappa shape index (κ3) is 5.67. The van der Waals surface area contributed by atoms with Crippen LogP contribution in [0.25, 0.3) is 0 Å². The summed E-state index contributed by atoms with van der Waals surface area (Å²) in [6.07, 6.45) is -1.80. The maximum Gasteiger partial charge on any atom is 0.416 e. The molecule has 2 heterocycles. The molecule has 10 heteroatoms. The first-order chi connectivity index (χ1) is 16.8. The third-order valence-electron chi connectivity index (χ3n) is 5.72. The van der Waals surface area contributed by atoms with E-state index in [1.165, 1.54) is 0 Å². The van der Waals surface area contributed by atoms with Crippen molar-refractivity contribution in [2.24, 2.45) is 0 Å². The second-order valence-electron chi connectivity index (χ2n) is 8.01. The molecule has 2 unspecified atom stereocenters. The van der Waals surface area contributed by atoms with Crippen molar-refractivity contribution in [1.82, 2.24) is 9.88 Å². The van der Waals surface area contributed by atoms with Gasteiger partial charge in [0.15, 0.2) is 0 Å². The molecule has 2 atom stereocenters. The number of morpholine rings is 1. The van der Waals surface area contributed by atoms with E-state index in [0.717, 1.165) is 29.8 Å². The summed E-state index contributed by atoms with van der Waals surface area (Å²) in [7, 11) is 0. The Morgan fingerprint density at radius 1 is 1.06 bits per heavy atom. The Hall–Kier alpha value is -3.76. The number of anilines is 1. The smallest absolute Gasteiger partial charge is 0.394 e. The van der Waals surface area contributed by atoms with Crippen molar-refractivity contribution in [2.45, 2.75) is 24.9 Å². The highest BCUT2D eigenvalue weighted by Crippen LogP contribution is 2.31. The van der Waals surface area contributed by atoms with Gasteiger partial charge in [-0.05, 0) is 59.7 Å². The van der Waals surface area contributed by atoms with Crippen LogP contribution in [0.2, 0.25) is 0 Å². The molecule has 1 aliphatic rings. The molecule has 3 aromatic rings. The van der Waals surface area contributed by atoms with E-state index in [1.807, 2.05) is 0 Å². The normalized spacial score (nSPS) is 18.4. The zero-order chi connectivity index (χ0) is 25.0. The van der Waals surface area contributed by atoms with E-state index in [1.54, 1.807) is 53.7 Å². The lowest BCUT2D eigenvalue weighted by molar-refractivity contribution is -0.162. The molecule has 4 rings (SSSR count).